The summed E-state index contributed by atoms with van der Waals surface area (Å²) in [5, 5.41) is 6.05. The average Bonchev–Trinajstić information content (AvgIpc) is 3.32. The molecule has 8 nitrogen and oxygen atoms in total. The minimum Gasteiger partial charge on any atom is -0.497 e. The number of hydrogen-bond acceptors (Lipinski definition) is 5. The van der Waals surface area contributed by atoms with E-state index in [9.17, 15) is 14.4 Å². The summed E-state index contributed by atoms with van der Waals surface area (Å²) in [5.41, 5.74) is 0.312. The third-order valence-electron chi connectivity index (χ3n) is 5.76. The fraction of sp³-hybridized carbons (Fsp3) is 0.348. The smallest absolute Gasteiger partial charge is 0.273 e. The van der Waals surface area contributed by atoms with Gasteiger partial charge in [-0.05, 0) is 55.8 Å². The van der Waals surface area contributed by atoms with E-state index in [2.05, 4.69) is 15.3 Å². The van der Waals surface area contributed by atoms with E-state index in [1.54, 1.807) is 31.4 Å². The molecule has 1 aromatic heterocycles. The molecule has 0 bridgehead atoms. The molecule has 8 heteroatoms. The van der Waals surface area contributed by atoms with Crippen LogP contribution in [-0.4, -0.2) is 47.3 Å². The van der Waals surface area contributed by atoms with Crippen LogP contribution in [0.25, 0.3) is 10.8 Å². The van der Waals surface area contributed by atoms with Gasteiger partial charge in [0.15, 0.2) is 0 Å². The van der Waals surface area contributed by atoms with Crippen molar-refractivity contribution in [2.75, 3.05) is 26.7 Å². The molecule has 0 aliphatic carbocycles. The number of ether oxygens (including phenoxy) is 1. The number of H-pyrrole nitrogens is 1. The Labute approximate surface area is 179 Å². The zero-order valence-corrected chi connectivity index (χ0v) is 17.5. The first-order valence-electron chi connectivity index (χ1n) is 10.4. The SMILES string of the molecule is COc1ccc([C@H](CNC(=O)Cn2[nH]c(=O)c3ccccc3c2=O)N2CCCC2)cc1. The van der Waals surface area contributed by atoms with Gasteiger partial charge < -0.3 is 10.1 Å². The molecule has 1 amide bonds. The maximum absolute atomic E-state index is 12.6. The molecule has 3 aromatic rings. The van der Waals surface area contributed by atoms with Crippen molar-refractivity contribution in [2.45, 2.75) is 25.4 Å². The largest absolute Gasteiger partial charge is 0.497 e. The van der Waals surface area contributed by atoms with Gasteiger partial charge in [0.05, 0.1) is 23.9 Å². The van der Waals surface area contributed by atoms with E-state index in [4.69, 9.17) is 4.74 Å². The van der Waals surface area contributed by atoms with Crippen LogP contribution in [0.5, 0.6) is 5.75 Å². The molecule has 0 saturated carbocycles. The van der Waals surface area contributed by atoms with E-state index in [-0.39, 0.29) is 18.5 Å². The standard InChI is InChI=1S/C23H26N4O4/c1-31-17-10-8-16(9-11-17)20(26-12-4-5-13-26)14-24-21(28)15-27-23(30)19-7-3-2-6-18(19)22(29)25-27/h2-3,6-11,20H,4-5,12-15H2,1H3,(H,24,28)(H,25,29)/t20-/m0/s1. The van der Waals surface area contributed by atoms with E-state index >= 15 is 0 Å². The Morgan fingerprint density at radius 2 is 1.74 bits per heavy atom. The van der Waals surface area contributed by atoms with Crippen LogP contribution in [0.3, 0.4) is 0 Å². The summed E-state index contributed by atoms with van der Waals surface area (Å²) in [6.07, 6.45) is 2.27. The van der Waals surface area contributed by atoms with Crippen LogP contribution in [0.15, 0.2) is 58.1 Å². The third kappa shape index (κ3) is 4.54. The number of amides is 1. The highest BCUT2D eigenvalue weighted by molar-refractivity contribution is 5.81. The number of nitrogens with one attached hydrogen (secondary N) is 2. The Morgan fingerprint density at radius 1 is 1.06 bits per heavy atom. The molecule has 2 heterocycles. The lowest BCUT2D eigenvalue weighted by molar-refractivity contribution is -0.122. The summed E-state index contributed by atoms with van der Waals surface area (Å²) in [5.74, 6) is 0.457. The molecular formula is C23H26N4O4. The molecule has 1 fully saturated rings. The number of likely N-dealkylation sites (tertiary alicyclic amines) is 1. The van der Waals surface area contributed by atoms with Crippen molar-refractivity contribution in [2.24, 2.45) is 0 Å². The third-order valence-corrected chi connectivity index (χ3v) is 5.76. The fourth-order valence-corrected chi connectivity index (χ4v) is 4.11. The minimum atomic E-state index is -0.392. The monoisotopic (exact) mass is 422 g/mol. The van der Waals surface area contributed by atoms with Crippen molar-refractivity contribution in [3.63, 3.8) is 0 Å². The van der Waals surface area contributed by atoms with Gasteiger partial charge in [-0.25, -0.2) is 4.68 Å². The number of aromatic nitrogens is 2. The number of methoxy groups -OCH3 is 1. The summed E-state index contributed by atoms with van der Waals surface area (Å²) >= 11 is 0. The zero-order valence-electron chi connectivity index (χ0n) is 17.5. The van der Waals surface area contributed by atoms with Crippen molar-refractivity contribution in [3.05, 3.63) is 74.8 Å². The molecule has 4 rings (SSSR count). The van der Waals surface area contributed by atoms with E-state index in [0.29, 0.717) is 17.3 Å². The van der Waals surface area contributed by atoms with Crippen molar-refractivity contribution >= 4 is 16.7 Å². The van der Waals surface area contributed by atoms with Gasteiger partial charge >= 0.3 is 0 Å². The Hall–Kier alpha value is -3.39. The van der Waals surface area contributed by atoms with Crippen molar-refractivity contribution in [1.29, 1.82) is 0 Å². The van der Waals surface area contributed by atoms with Gasteiger partial charge in [0, 0.05) is 6.54 Å². The minimum absolute atomic E-state index is 0.0322. The van der Waals surface area contributed by atoms with Crippen LogP contribution in [0, 0.1) is 0 Å². The number of nitrogens with zero attached hydrogens (tertiary/aromatic N) is 2. The van der Waals surface area contributed by atoms with Crippen LogP contribution < -0.4 is 21.2 Å². The van der Waals surface area contributed by atoms with E-state index in [1.807, 2.05) is 24.3 Å². The van der Waals surface area contributed by atoms with Crippen LogP contribution in [0.1, 0.15) is 24.4 Å². The van der Waals surface area contributed by atoms with Crippen LogP contribution in [0.4, 0.5) is 0 Å². The first-order valence-corrected chi connectivity index (χ1v) is 10.4. The quantitative estimate of drug-likeness (QED) is 0.604. The number of aromatic amines is 1. The summed E-state index contributed by atoms with van der Waals surface area (Å²) in [6, 6.07) is 14.5. The van der Waals surface area contributed by atoms with Gasteiger partial charge in [0.25, 0.3) is 11.1 Å². The number of carbonyl (C=O) groups excluding carboxylic acids is 1. The van der Waals surface area contributed by atoms with E-state index in [0.717, 1.165) is 41.9 Å². The first-order chi connectivity index (χ1) is 15.1. The second-order valence-electron chi connectivity index (χ2n) is 7.71. The molecule has 1 aliphatic rings. The topological polar surface area (TPSA) is 96.4 Å². The molecular weight excluding hydrogens is 396 g/mol. The summed E-state index contributed by atoms with van der Waals surface area (Å²) in [6.45, 7) is 2.13. The maximum atomic E-state index is 12.6. The van der Waals surface area contributed by atoms with Gasteiger partial charge in [0.2, 0.25) is 5.91 Å². The second-order valence-corrected chi connectivity index (χ2v) is 7.71. The normalized spacial score (nSPS) is 15.1. The van der Waals surface area contributed by atoms with Gasteiger partial charge in [0.1, 0.15) is 12.3 Å². The average molecular weight is 422 g/mol. The molecule has 2 aromatic carbocycles. The fourth-order valence-electron chi connectivity index (χ4n) is 4.11. The van der Waals surface area contributed by atoms with Gasteiger partial charge in [-0.2, -0.15) is 0 Å². The number of benzene rings is 2. The highest BCUT2D eigenvalue weighted by Gasteiger charge is 2.24. The highest BCUT2D eigenvalue weighted by atomic mass is 16.5. The Balaban J connectivity index is 1.49. The lowest BCUT2D eigenvalue weighted by Gasteiger charge is -2.28. The Bertz CT molecular complexity index is 1180. The molecule has 1 aliphatic heterocycles. The molecule has 0 unspecified atom stereocenters. The second kappa shape index (κ2) is 9.18. The number of fused-ring (bicyclic) bond motifs is 1. The predicted molar refractivity (Wildman–Crippen MR) is 118 cm³/mol. The molecule has 0 radical (unpaired) electrons. The van der Waals surface area contributed by atoms with Crippen molar-refractivity contribution in [3.8, 4) is 5.75 Å². The zero-order chi connectivity index (χ0) is 21.8. The van der Waals surface area contributed by atoms with Gasteiger partial charge in [-0.3, -0.25) is 24.4 Å². The van der Waals surface area contributed by atoms with Crippen LogP contribution >= 0.6 is 0 Å². The summed E-state index contributed by atoms with van der Waals surface area (Å²) < 4.78 is 6.31. The van der Waals surface area contributed by atoms with Gasteiger partial charge in [-0.15, -0.1) is 0 Å². The first kappa shape index (κ1) is 20.9. The molecule has 0 spiro atoms. The predicted octanol–water partition coefficient (Wildman–Crippen LogP) is 1.65. The van der Waals surface area contributed by atoms with Crippen molar-refractivity contribution < 1.29 is 9.53 Å². The summed E-state index contributed by atoms with van der Waals surface area (Å²) in [7, 11) is 1.63. The van der Waals surface area contributed by atoms with Crippen LogP contribution in [-0.2, 0) is 11.3 Å². The molecule has 2 N–H and O–H groups in total. The summed E-state index contributed by atoms with van der Waals surface area (Å²) in [4.78, 5) is 39.9. The van der Waals surface area contributed by atoms with Gasteiger partial charge in [-0.1, -0.05) is 24.3 Å². The molecule has 31 heavy (non-hydrogen) atoms. The number of carbonyl (C=O) groups is 1. The maximum Gasteiger partial charge on any atom is 0.273 e. The number of rotatable bonds is 7. The molecule has 162 valence electrons. The number of hydrogen-bond donors (Lipinski definition) is 2. The van der Waals surface area contributed by atoms with Crippen LogP contribution in [0.2, 0.25) is 0 Å². The molecule has 1 saturated heterocycles. The highest BCUT2D eigenvalue weighted by Crippen LogP contribution is 2.26. The van der Waals surface area contributed by atoms with E-state index in [1.165, 1.54) is 0 Å². The lowest BCUT2D eigenvalue weighted by Crippen LogP contribution is -2.40. The Morgan fingerprint density at radius 3 is 2.42 bits per heavy atom. The lowest BCUT2D eigenvalue weighted by atomic mass is 10.1. The van der Waals surface area contributed by atoms with Crippen molar-refractivity contribution in [1.82, 2.24) is 20.0 Å². The molecule has 1 atom stereocenters. The Kier molecular flexibility index (Phi) is 6.18. The van der Waals surface area contributed by atoms with E-state index < -0.39 is 11.1 Å².